The summed E-state index contributed by atoms with van der Waals surface area (Å²) in [5.74, 6) is -1.45. The van der Waals surface area contributed by atoms with Crippen LogP contribution in [-0.4, -0.2) is 44.8 Å². The second kappa shape index (κ2) is 6.80. The van der Waals surface area contributed by atoms with E-state index in [4.69, 9.17) is 0 Å². The Bertz CT molecular complexity index is 747. The first-order valence-electron chi connectivity index (χ1n) is 8.06. The fourth-order valence-corrected chi connectivity index (χ4v) is 4.97. The first kappa shape index (κ1) is 16.8. The van der Waals surface area contributed by atoms with Crippen molar-refractivity contribution < 1.29 is 18.0 Å². The molecule has 1 aromatic carbocycles. The predicted molar refractivity (Wildman–Crippen MR) is 90.0 cm³/mol. The molecule has 0 aromatic heterocycles. The summed E-state index contributed by atoms with van der Waals surface area (Å²) in [7, 11) is -3.12. The Morgan fingerprint density at radius 3 is 2.75 bits per heavy atom. The van der Waals surface area contributed by atoms with Gasteiger partial charge in [-0.2, -0.15) is 0 Å². The molecule has 2 aliphatic heterocycles. The standard InChI is InChI=1S/C16H21N3O4S/c20-15(17-18-16(21)13-7-9-24(22,23)11-13)10-19-8-3-5-12-4-1-2-6-14(12)19/h1-2,4,6,13H,3,5,7-11H2,(H,17,20)(H,18,21)/t13-/m1/s1. The van der Waals surface area contributed by atoms with Crippen LogP contribution >= 0.6 is 0 Å². The van der Waals surface area contributed by atoms with Crippen molar-refractivity contribution in [2.45, 2.75) is 19.3 Å². The molecule has 0 bridgehead atoms. The molecule has 0 unspecified atom stereocenters. The lowest BCUT2D eigenvalue weighted by atomic mass is 10.0. The third-order valence-corrected chi connectivity index (χ3v) is 6.24. The van der Waals surface area contributed by atoms with Gasteiger partial charge in [0, 0.05) is 12.2 Å². The summed E-state index contributed by atoms with van der Waals surface area (Å²) in [6.07, 6.45) is 2.29. The van der Waals surface area contributed by atoms with Crippen molar-refractivity contribution in [1.82, 2.24) is 10.9 Å². The number of rotatable bonds is 3. The molecule has 0 radical (unpaired) electrons. The molecule has 2 amide bonds. The van der Waals surface area contributed by atoms with Gasteiger partial charge in [-0.3, -0.25) is 20.4 Å². The van der Waals surface area contributed by atoms with Gasteiger partial charge in [0.25, 0.3) is 5.91 Å². The van der Waals surface area contributed by atoms with Crippen LogP contribution in [0.25, 0.3) is 0 Å². The maximum atomic E-state index is 12.1. The summed E-state index contributed by atoms with van der Waals surface area (Å²) in [6.45, 7) is 0.944. The van der Waals surface area contributed by atoms with E-state index in [9.17, 15) is 18.0 Å². The SMILES string of the molecule is O=C(CN1CCCc2ccccc21)NNC(=O)[C@@H]1CCS(=O)(=O)C1. The Labute approximate surface area is 141 Å². The van der Waals surface area contributed by atoms with Crippen LogP contribution in [0.1, 0.15) is 18.4 Å². The summed E-state index contributed by atoms with van der Waals surface area (Å²) in [4.78, 5) is 26.0. The van der Waals surface area contributed by atoms with E-state index in [1.807, 2.05) is 23.1 Å². The number of nitrogens with one attached hydrogen (secondary N) is 2. The number of hydrogen-bond donors (Lipinski definition) is 2. The second-order valence-electron chi connectivity index (χ2n) is 6.29. The Kier molecular flexibility index (Phi) is 4.75. The fraction of sp³-hybridized carbons (Fsp3) is 0.500. The summed E-state index contributed by atoms with van der Waals surface area (Å²) in [5.41, 5.74) is 7.00. The molecule has 130 valence electrons. The van der Waals surface area contributed by atoms with Crippen molar-refractivity contribution in [1.29, 1.82) is 0 Å². The molecule has 1 saturated heterocycles. The number of para-hydroxylation sites is 1. The van der Waals surface area contributed by atoms with Crippen molar-refractivity contribution in [3.63, 3.8) is 0 Å². The zero-order chi connectivity index (χ0) is 17.2. The molecule has 1 atom stereocenters. The van der Waals surface area contributed by atoms with Gasteiger partial charge in [0.15, 0.2) is 9.84 Å². The van der Waals surface area contributed by atoms with Gasteiger partial charge in [-0.1, -0.05) is 18.2 Å². The van der Waals surface area contributed by atoms with E-state index in [0.717, 1.165) is 25.1 Å². The third kappa shape index (κ3) is 3.87. The summed E-state index contributed by atoms with van der Waals surface area (Å²) in [6, 6.07) is 7.97. The number of amides is 2. The largest absolute Gasteiger partial charge is 0.362 e. The zero-order valence-electron chi connectivity index (χ0n) is 13.3. The van der Waals surface area contributed by atoms with E-state index < -0.39 is 21.7 Å². The van der Waals surface area contributed by atoms with Crippen LogP contribution in [-0.2, 0) is 25.8 Å². The van der Waals surface area contributed by atoms with Crippen LogP contribution < -0.4 is 15.8 Å². The Hall–Kier alpha value is -2.09. The van der Waals surface area contributed by atoms with Crippen molar-refractivity contribution in [2.75, 3.05) is 29.5 Å². The van der Waals surface area contributed by atoms with Crippen LogP contribution in [0, 0.1) is 5.92 Å². The Morgan fingerprint density at radius 1 is 1.21 bits per heavy atom. The maximum absolute atomic E-state index is 12.1. The molecule has 8 heteroatoms. The van der Waals surface area contributed by atoms with E-state index in [2.05, 4.69) is 16.9 Å². The topological polar surface area (TPSA) is 95.6 Å². The first-order chi connectivity index (χ1) is 11.4. The highest BCUT2D eigenvalue weighted by Gasteiger charge is 2.33. The van der Waals surface area contributed by atoms with Crippen LogP contribution in [0.2, 0.25) is 0 Å². The molecule has 1 aromatic rings. The number of hydrazine groups is 1. The van der Waals surface area contributed by atoms with Crippen molar-refractivity contribution in [3.8, 4) is 0 Å². The minimum Gasteiger partial charge on any atom is -0.362 e. The van der Waals surface area contributed by atoms with Gasteiger partial charge in [0.05, 0.1) is 24.0 Å². The van der Waals surface area contributed by atoms with Gasteiger partial charge in [-0.15, -0.1) is 0 Å². The molecular formula is C16H21N3O4S. The molecule has 2 heterocycles. The van der Waals surface area contributed by atoms with Crippen LogP contribution in [0.5, 0.6) is 0 Å². The highest BCUT2D eigenvalue weighted by molar-refractivity contribution is 7.91. The average molecular weight is 351 g/mol. The molecule has 1 fully saturated rings. The lowest BCUT2D eigenvalue weighted by molar-refractivity contribution is -0.130. The molecule has 0 saturated carbocycles. The van der Waals surface area contributed by atoms with E-state index in [1.165, 1.54) is 5.56 Å². The Balaban J connectivity index is 1.51. The summed E-state index contributed by atoms with van der Waals surface area (Å²) < 4.78 is 22.8. The first-order valence-corrected chi connectivity index (χ1v) is 9.89. The number of nitrogens with zero attached hydrogens (tertiary/aromatic N) is 1. The summed E-state index contributed by atoms with van der Waals surface area (Å²) in [5, 5.41) is 0. The number of anilines is 1. The number of aryl methyl sites for hydroxylation is 1. The van der Waals surface area contributed by atoms with Gasteiger partial charge >= 0.3 is 0 Å². The van der Waals surface area contributed by atoms with Gasteiger partial charge in [-0.05, 0) is 30.9 Å². The van der Waals surface area contributed by atoms with E-state index in [1.54, 1.807) is 0 Å². The second-order valence-corrected chi connectivity index (χ2v) is 8.52. The van der Waals surface area contributed by atoms with Gasteiger partial charge in [-0.25, -0.2) is 8.42 Å². The van der Waals surface area contributed by atoms with E-state index in [-0.39, 0.29) is 24.0 Å². The van der Waals surface area contributed by atoms with Crippen LogP contribution in [0.15, 0.2) is 24.3 Å². The molecule has 2 aliphatic rings. The average Bonchev–Trinajstić information content (AvgIpc) is 2.93. The number of hydrogen-bond acceptors (Lipinski definition) is 5. The molecule has 0 aliphatic carbocycles. The molecule has 3 rings (SSSR count). The van der Waals surface area contributed by atoms with Crippen molar-refractivity contribution >= 4 is 27.3 Å². The zero-order valence-corrected chi connectivity index (χ0v) is 14.1. The van der Waals surface area contributed by atoms with Crippen molar-refractivity contribution in [3.05, 3.63) is 29.8 Å². The highest BCUT2D eigenvalue weighted by Crippen LogP contribution is 2.26. The van der Waals surface area contributed by atoms with Gasteiger partial charge in [0.2, 0.25) is 5.91 Å². The maximum Gasteiger partial charge on any atom is 0.257 e. The third-order valence-electron chi connectivity index (χ3n) is 4.47. The van der Waals surface area contributed by atoms with Gasteiger partial charge in [0.1, 0.15) is 0 Å². The van der Waals surface area contributed by atoms with Crippen molar-refractivity contribution in [2.24, 2.45) is 5.92 Å². The monoisotopic (exact) mass is 351 g/mol. The van der Waals surface area contributed by atoms with E-state index in [0.29, 0.717) is 6.42 Å². The highest BCUT2D eigenvalue weighted by atomic mass is 32.2. The molecule has 2 N–H and O–H groups in total. The van der Waals surface area contributed by atoms with Crippen LogP contribution in [0.4, 0.5) is 5.69 Å². The normalized spacial score (nSPS) is 21.8. The number of fused-ring (bicyclic) bond motifs is 1. The lowest BCUT2D eigenvalue weighted by Gasteiger charge is -2.30. The van der Waals surface area contributed by atoms with Crippen LogP contribution in [0.3, 0.4) is 0 Å². The number of carbonyl (C=O) groups excluding carboxylic acids is 2. The molecule has 24 heavy (non-hydrogen) atoms. The predicted octanol–water partition coefficient (Wildman–Crippen LogP) is 0.0213. The molecule has 0 spiro atoms. The minimum atomic E-state index is -3.12. The fourth-order valence-electron chi connectivity index (χ4n) is 3.22. The smallest absolute Gasteiger partial charge is 0.257 e. The number of benzene rings is 1. The summed E-state index contributed by atoms with van der Waals surface area (Å²) >= 11 is 0. The Morgan fingerprint density at radius 2 is 2.00 bits per heavy atom. The van der Waals surface area contributed by atoms with E-state index >= 15 is 0 Å². The van der Waals surface area contributed by atoms with Gasteiger partial charge < -0.3 is 4.90 Å². The molecular weight excluding hydrogens is 330 g/mol. The quantitative estimate of drug-likeness (QED) is 0.749. The lowest BCUT2D eigenvalue weighted by Crippen LogP contribution is -2.49. The number of carbonyl (C=O) groups is 2. The number of sulfone groups is 1. The minimum absolute atomic E-state index is 0.0313. The molecule has 7 nitrogen and oxygen atoms in total.